The van der Waals surface area contributed by atoms with Crippen LogP contribution in [0.2, 0.25) is 0 Å². The van der Waals surface area contributed by atoms with Crippen LogP contribution in [0.3, 0.4) is 0 Å². The number of nitrogens with zero attached hydrogens (tertiary/aromatic N) is 3. The number of furan rings is 1. The zero-order chi connectivity index (χ0) is 23.5. The van der Waals surface area contributed by atoms with Gasteiger partial charge in [0.05, 0.1) is 12.0 Å². The first-order valence-corrected chi connectivity index (χ1v) is 10.5. The lowest BCUT2D eigenvalue weighted by Crippen LogP contribution is -2.40. The molecular formula is C23H22F2N4O4. The summed E-state index contributed by atoms with van der Waals surface area (Å²) in [5.74, 6) is -1.27. The highest BCUT2D eigenvalue weighted by Crippen LogP contribution is 2.39. The average molecular weight is 456 g/mol. The molecule has 1 amide bonds. The van der Waals surface area contributed by atoms with E-state index in [9.17, 15) is 18.7 Å². The molecule has 1 aliphatic rings. The number of nitrogens with one attached hydrogen (secondary N) is 1. The second-order valence-electron chi connectivity index (χ2n) is 8.65. The van der Waals surface area contributed by atoms with Crippen molar-refractivity contribution in [1.82, 2.24) is 19.9 Å². The molecule has 1 aliphatic heterocycles. The van der Waals surface area contributed by atoms with E-state index in [2.05, 4.69) is 15.0 Å². The topological polar surface area (TPSA) is 108 Å². The number of hydrogen-bond acceptors (Lipinski definition) is 6. The van der Waals surface area contributed by atoms with E-state index in [1.807, 2.05) is 31.2 Å². The predicted octanol–water partition coefficient (Wildman–Crippen LogP) is 4.41. The molecule has 0 saturated carbocycles. The molecule has 8 nitrogen and oxygen atoms in total. The number of carbonyl (C=O) groups is 1. The Morgan fingerprint density at radius 2 is 2.12 bits per heavy atom. The van der Waals surface area contributed by atoms with Crippen LogP contribution >= 0.6 is 0 Å². The number of oxazole rings is 1. The normalized spacial score (nSPS) is 16.6. The van der Waals surface area contributed by atoms with Gasteiger partial charge in [-0.1, -0.05) is 18.2 Å². The molecule has 3 aromatic heterocycles. The summed E-state index contributed by atoms with van der Waals surface area (Å²) >= 11 is 0. The number of aliphatic hydroxyl groups is 1. The van der Waals surface area contributed by atoms with Crippen LogP contribution in [0.15, 0.2) is 39.4 Å². The number of aromatic nitrogens is 3. The number of aryl methyl sites for hydroxylation is 1. The average Bonchev–Trinajstić information content (AvgIpc) is 3.49. The maximum absolute atomic E-state index is 13.7. The molecule has 2 N–H and O–H groups in total. The first-order valence-electron chi connectivity index (χ1n) is 10.5. The number of carbonyl (C=O) groups excluding carboxylic acids is 1. The Labute approximate surface area is 187 Å². The van der Waals surface area contributed by atoms with E-state index in [0.717, 1.165) is 16.6 Å². The zero-order valence-corrected chi connectivity index (χ0v) is 18.2. The Morgan fingerprint density at radius 1 is 1.33 bits per heavy atom. The van der Waals surface area contributed by atoms with Crippen molar-refractivity contribution in [3.63, 3.8) is 0 Å². The van der Waals surface area contributed by atoms with E-state index in [0.29, 0.717) is 23.5 Å². The van der Waals surface area contributed by atoms with Crippen LogP contribution in [0, 0.1) is 6.92 Å². The van der Waals surface area contributed by atoms with Crippen molar-refractivity contribution in [2.75, 3.05) is 6.54 Å². The summed E-state index contributed by atoms with van der Waals surface area (Å²) in [7, 11) is 0. The van der Waals surface area contributed by atoms with Crippen LogP contribution in [0.5, 0.6) is 0 Å². The summed E-state index contributed by atoms with van der Waals surface area (Å²) in [5, 5.41) is 11.0. The Balaban J connectivity index is 1.63. The fourth-order valence-electron chi connectivity index (χ4n) is 4.17. The number of alkyl halides is 2. The van der Waals surface area contributed by atoms with Gasteiger partial charge in [0.1, 0.15) is 23.0 Å². The smallest absolute Gasteiger partial charge is 0.292 e. The van der Waals surface area contributed by atoms with Crippen molar-refractivity contribution in [3.8, 4) is 0 Å². The van der Waals surface area contributed by atoms with Gasteiger partial charge >= 0.3 is 0 Å². The van der Waals surface area contributed by atoms with Crippen LogP contribution in [0.1, 0.15) is 71.2 Å². The van der Waals surface area contributed by atoms with Gasteiger partial charge < -0.3 is 23.8 Å². The standard InChI is InChI=1S/C23H22F2N4O4/c1-11-5-4-6-12-9-14(32-18(11)12)17-15-13(26-10-27-15)7-8-29(17)21(30)19-16(20(24)25)28-22(33-19)23(2,3)31/h4-6,9-10,17,20,31H,7-8H2,1-3H3,(H,26,27)/t17-/m0/s1. The van der Waals surface area contributed by atoms with Gasteiger partial charge in [0, 0.05) is 24.0 Å². The lowest BCUT2D eigenvalue weighted by atomic mass is 9.99. The molecule has 0 bridgehead atoms. The SMILES string of the molecule is Cc1cccc2cc([C@H]3c4nc[nH]c4CCN3C(=O)c3oc(C(C)(C)O)nc3C(F)F)oc12. The van der Waals surface area contributed by atoms with E-state index in [4.69, 9.17) is 8.83 Å². The number of amides is 1. The zero-order valence-electron chi connectivity index (χ0n) is 18.2. The Kier molecular flexibility index (Phi) is 4.86. The Morgan fingerprint density at radius 3 is 2.82 bits per heavy atom. The summed E-state index contributed by atoms with van der Waals surface area (Å²) in [5.41, 5.74) is 0.593. The van der Waals surface area contributed by atoms with Crippen LogP contribution in [0.25, 0.3) is 11.0 Å². The summed E-state index contributed by atoms with van der Waals surface area (Å²) in [6, 6.07) is 6.80. The van der Waals surface area contributed by atoms with Gasteiger partial charge in [-0.3, -0.25) is 4.79 Å². The van der Waals surface area contributed by atoms with Gasteiger partial charge in [-0.05, 0) is 32.4 Å². The minimum absolute atomic E-state index is 0.218. The van der Waals surface area contributed by atoms with E-state index >= 15 is 0 Å². The number of halogens is 2. The van der Waals surface area contributed by atoms with Crippen molar-refractivity contribution in [1.29, 1.82) is 0 Å². The third kappa shape index (κ3) is 3.50. The minimum Gasteiger partial charge on any atom is -0.458 e. The van der Waals surface area contributed by atoms with Crippen molar-refractivity contribution in [2.45, 2.75) is 45.3 Å². The van der Waals surface area contributed by atoms with Crippen LogP contribution in [-0.2, 0) is 12.0 Å². The molecule has 1 atom stereocenters. The maximum atomic E-state index is 13.7. The number of rotatable bonds is 4. The molecule has 1 aromatic carbocycles. The maximum Gasteiger partial charge on any atom is 0.292 e. The van der Waals surface area contributed by atoms with Gasteiger partial charge in [0.2, 0.25) is 11.7 Å². The fourth-order valence-corrected chi connectivity index (χ4v) is 4.17. The molecule has 33 heavy (non-hydrogen) atoms. The quantitative estimate of drug-likeness (QED) is 0.471. The van der Waals surface area contributed by atoms with Crippen molar-refractivity contribution >= 4 is 16.9 Å². The molecule has 0 radical (unpaired) electrons. The highest BCUT2D eigenvalue weighted by Gasteiger charge is 2.41. The number of benzene rings is 1. The molecular weight excluding hydrogens is 434 g/mol. The number of imidazole rings is 1. The Bertz CT molecular complexity index is 1350. The van der Waals surface area contributed by atoms with Crippen molar-refractivity contribution in [2.24, 2.45) is 0 Å². The minimum atomic E-state index is -3.05. The summed E-state index contributed by atoms with van der Waals surface area (Å²) < 4.78 is 39.0. The van der Waals surface area contributed by atoms with Gasteiger partial charge in [-0.25, -0.2) is 18.7 Å². The van der Waals surface area contributed by atoms with Crippen molar-refractivity contribution in [3.05, 3.63) is 70.6 Å². The lowest BCUT2D eigenvalue weighted by Gasteiger charge is -2.33. The van der Waals surface area contributed by atoms with E-state index < -0.39 is 35.4 Å². The first-order chi connectivity index (χ1) is 15.6. The molecule has 0 fully saturated rings. The largest absolute Gasteiger partial charge is 0.458 e. The fraction of sp³-hybridized carbons (Fsp3) is 0.348. The summed E-state index contributed by atoms with van der Waals surface area (Å²) in [6.45, 7) is 4.83. The molecule has 0 saturated heterocycles. The van der Waals surface area contributed by atoms with Crippen LogP contribution in [0.4, 0.5) is 8.78 Å². The van der Waals surface area contributed by atoms with Gasteiger partial charge in [-0.2, -0.15) is 0 Å². The van der Waals surface area contributed by atoms with E-state index in [1.165, 1.54) is 25.1 Å². The van der Waals surface area contributed by atoms with Gasteiger partial charge in [0.15, 0.2) is 5.69 Å². The lowest BCUT2D eigenvalue weighted by molar-refractivity contribution is 0.0437. The summed E-state index contributed by atoms with van der Waals surface area (Å²) in [6.07, 6.45) is -1.07. The number of aromatic amines is 1. The highest BCUT2D eigenvalue weighted by molar-refractivity contribution is 5.93. The number of H-pyrrole nitrogens is 1. The van der Waals surface area contributed by atoms with Crippen LogP contribution in [-0.4, -0.2) is 37.4 Å². The number of fused-ring (bicyclic) bond motifs is 2. The molecule has 172 valence electrons. The third-order valence-electron chi connectivity index (χ3n) is 5.79. The number of hydrogen-bond donors (Lipinski definition) is 2. The Hall–Kier alpha value is -3.53. The van der Waals surface area contributed by atoms with E-state index in [1.54, 1.807) is 0 Å². The molecule has 10 heteroatoms. The monoisotopic (exact) mass is 456 g/mol. The van der Waals surface area contributed by atoms with Gasteiger partial charge in [-0.15, -0.1) is 0 Å². The van der Waals surface area contributed by atoms with E-state index in [-0.39, 0.29) is 12.4 Å². The molecule has 0 spiro atoms. The summed E-state index contributed by atoms with van der Waals surface area (Å²) in [4.78, 5) is 26.1. The second kappa shape index (κ2) is 7.51. The predicted molar refractivity (Wildman–Crippen MR) is 113 cm³/mol. The first kappa shape index (κ1) is 21.3. The van der Waals surface area contributed by atoms with Crippen molar-refractivity contribution < 1.29 is 27.5 Å². The molecule has 0 unspecified atom stereocenters. The molecule has 5 rings (SSSR count). The molecule has 4 aromatic rings. The molecule has 4 heterocycles. The third-order valence-corrected chi connectivity index (χ3v) is 5.79. The second-order valence-corrected chi connectivity index (χ2v) is 8.65. The number of para-hydroxylation sites is 1. The van der Waals surface area contributed by atoms with Gasteiger partial charge in [0.25, 0.3) is 12.3 Å². The molecule has 0 aliphatic carbocycles. The van der Waals surface area contributed by atoms with Crippen LogP contribution < -0.4 is 0 Å². The highest BCUT2D eigenvalue weighted by atomic mass is 19.3.